The lowest BCUT2D eigenvalue weighted by Gasteiger charge is -2.23. The first-order valence-electron chi connectivity index (χ1n) is 8.12. The van der Waals surface area contributed by atoms with Gasteiger partial charge < -0.3 is 15.0 Å². The average Bonchev–Trinajstić information content (AvgIpc) is 3.40. The molecule has 1 saturated heterocycles. The highest BCUT2D eigenvalue weighted by atomic mass is 16.5. The van der Waals surface area contributed by atoms with Gasteiger partial charge in [-0.15, -0.1) is 5.10 Å². The monoisotopic (exact) mass is 352 g/mol. The molecule has 0 bridgehead atoms. The van der Waals surface area contributed by atoms with Crippen molar-refractivity contribution in [3.8, 4) is 6.07 Å². The second kappa shape index (κ2) is 6.36. The van der Waals surface area contributed by atoms with Gasteiger partial charge >= 0.3 is 5.97 Å². The molecule has 0 unspecified atom stereocenters. The predicted molar refractivity (Wildman–Crippen MR) is 92.0 cm³/mol. The summed E-state index contributed by atoms with van der Waals surface area (Å²) in [7, 11) is 1.38. The van der Waals surface area contributed by atoms with E-state index in [4.69, 9.17) is 10.00 Å². The van der Waals surface area contributed by atoms with Crippen LogP contribution in [0.15, 0.2) is 24.4 Å². The lowest BCUT2D eigenvalue weighted by Crippen LogP contribution is -2.38. The van der Waals surface area contributed by atoms with E-state index in [2.05, 4.69) is 25.6 Å². The van der Waals surface area contributed by atoms with Crippen molar-refractivity contribution in [3.05, 3.63) is 30.1 Å². The molecule has 1 fully saturated rings. The molecule has 4 heterocycles. The van der Waals surface area contributed by atoms with Gasteiger partial charge in [-0.25, -0.2) is 9.31 Å². The molecule has 10 nitrogen and oxygen atoms in total. The number of fused-ring (bicyclic) bond motifs is 1. The predicted octanol–water partition coefficient (Wildman–Crippen LogP) is 1.21. The van der Waals surface area contributed by atoms with E-state index in [1.165, 1.54) is 7.11 Å². The lowest BCUT2D eigenvalue weighted by molar-refractivity contribution is -0.141. The van der Waals surface area contributed by atoms with E-state index >= 15 is 0 Å². The average molecular weight is 352 g/mol. The van der Waals surface area contributed by atoms with Crippen molar-refractivity contribution >= 4 is 29.1 Å². The molecular weight excluding hydrogens is 336 g/mol. The number of carbonyl (C=O) groups excluding carboxylic acids is 1. The zero-order valence-corrected chi connectivity index (χ0v) is 14.0. The van der Waals surface area contributed by atoms with Crippen molar-refractivity contribution in [2.75, 3.05) is 23.9 Å². The molecule has 0 aliphatic carbocycles. The molecule has 1 aliphatic heterocycles. The molecule has 0 aromatic carbocycles. The van der Waals surface area contributed by atoms with Gasteiger partial charge in [-0.05, 0) is 25.0 Å². The van der Waals surface area contributed by atoms with E-state index < -0.39 is 6.04 Å². The second-order valence-corrected chi connectivity index (χ2v) is 5.88. The lowest BCUT2D eigenvalue weighted by atomic mass is 10.2. The first-order valence-corrected chi connectivity index (χ1v) is 8.12. The molecular formula is C16H16N8O2. The summed E-state index contributed by atoms with van der Waals surface area (Å²) < 4.78 is 6.59. The first-order chi connectivity index (χ1) is 12.7. The number of nitrogens with one attached hydrogen (secondary N) is 2. The van der Waals surface area contributed by atoms with Crippen LogP contribution in [0.3, 0.4) is 0 Å². The molecule has 1 aliphatic rings. The van der Waals surface area contributed by atoms with E-state index in [0.29, 0.717) is 36.2 Å². The smallest absolute Gasteiger partial charge is 0.328 e. The standard InChI is InChI=1S/C16H16N8O2/c1-26-15(25)12-5-2-6-23(12)16-19-14(11-4-3-7-24(11)22-16)18-13-8-10(9-17)20-21-13/h3-4,7-8,12H,2,5-6H2,1H3,(H2,18,19,20,21,22)/t12-/m0/s1. The van der Waals surface area contributed by atoms with E-state index in [0.717, 1.165) is 11.9 Å². The number of hydrogen-bond acceptors (Lipinski definition) is 8. The van der Waals surface area contributed by atoms with E-state index in [-0.39, 0.29) is 5.97 Å². The number of aromatic amines is 1. The van der Waals surface area contributed by atoms with Crippen molar-refractivity contribution in [2.45, 2.75) is 18.9 Å². The fourth-order valence-corrected chi connectivity index (χ4v) is 3.09. The van der Waals surface area contributed by atoms with Crippen LogP contribution in [0.4, 0.5) is 17.6 Å². The fourth-order valence-electron chi connectivity index (χ4n) is 3.09. The summed E-state index contributed by atoms with van der Waals surface area (Å²) in [4.78, 5) is 18.5. The van der Waals surface area contributed by atoms with Crippen molar-refractivity contribution in [3.63, 3.8) is 0 Å². The molecule has 0 saturated carbocycles. The fraction of sp³-hybridized carbons (Fsp3) is 0.312. The number of H-pyrrole nitrogens is 1. The van der Waals surface area contributed by atoms with Crippen LogP contribution in [0.1, 0.15) is 18.5 Å². The van der Waals surface area contributed by atoms with E-state index in [1.54, 1.807) is 16.8 Å². The Morgan fingerprint density at radius 2 is 2.42 bits per heavy atom. The third-order valence-electron chi connectivity index (χ3n) is 4.31. The van der Waals surface area contributed by atoms with Crippen molar-refractivity contribution in [2.24, 2.45) is 0 Å². The first kappa shape index (κ1) is 15.9. The minimum atomic E-state index is -0.392. The van der Waals surface area contributed by atoms with Crippen LogP contribution in [0, 0.1) is 11.3 Å². The Morgan fingerprint density at radius 1 is 1.54 bits per heavy atom. The number of rotatable bonds is 4. The highest BCUT2D eigenvalue weighted by Gasteiger charge is 2.34. The minimum absolute atomic E-state index is 0.292. The molecule has 2 N–H and O–H groups in total. The Labute approximate surface area is 148 Å². The molecule has 26 heavy (non-hydrogen) atoms. The second-order valence-electron chi connectivity index (χ2n) is 5.88. The number of ether oxygens (including phenoxy) is 1. The van der Waals surface area contributed by atoms with Crippen LogP contribution in [-0.2, 0) is 9.53 Å². The Balaban J connectivity index is 1.72. The van der Waals surface area contributed by atoms with Gasteiger partial charge in [0.1, 0.15) is 23.3 Å². The molecule has 4 rings (SSSR count). The van der Waals surface area contributed by atoms with Crippen LogP contribution in [0.5, 0.6) is 0 Å². The summed E-state index contributed by atoms with van der Waals surface area (Å²) in [5.41, 5.74) is 1.10. The van der Waals surface area contributed by atoms with Gasteiger partial charge in [0.25, 0.3) is 0 Å². The van der Waals surface area contributed by atoms with Crippen molar-refractivity contribution in [1.29, 1.82) is 5.26 Å². The van der Waals surface area contributed by atoms with Crippen LogP contribution < -0.4 is 10.2 Å². The minimum Gasteiger partial charge on any atom is -0.467 e. The van der Waals surface area contributed by atoms with E-state index in [9.17, 15) is 4.79 Å². The number of esters is 1. The van der Waals surface area contributed by atoms with Gasteiger partial charge in [0.2, 0.25) is 5.95 Å². The highest BCUT2D eigenvalue weighted by molar-refractivity contribution is 5.80. The summed E-state index contributed by atoms with van der Waals surface area (Å²) in [5.74, 6) is 1.14. The number of nitrogens with zero attached hydrogens (tertiary/aromatic N) is 6. The van der Waals surface area contributed by atoms with Crippen LogP contribution >= 0.6 is 0 Å². The maximum absolute atomic E-state index is 12.0. The van der Waals surface area contributed by atoms with Gasteiger partial charge in [0.05, 0.1) is 7.11 Å². The van der Waals surface area contributed by atoms with Crippen LogP contribution in [0.2, 0.25) is 0 Å². The van der Waals surface area contributed by atoms with Crippen molar-refractivity contribution in [1.82, 2.24) is 24.8 Å². The number of nitriles is 1. The zero-order chi connectivity index (χ0) is 18.1. The normalized spacial score (nSPS) is 16.6. The molecule has 10 heteroatoms. The molecule has 3 aromatic heterocycles. The Morgan fingerprint density at radius 3 is 3.19 bits per heavy atom. The van der Waals surface area contributed by atoms with Crippen molar-refractivity contribution < 1.29 is 9.53 Å². The molecule has 1 atom stereocenters. The zero-order valence-electron chi connectivity index (χ0n) is 14.0. The van der Waals surface area contributed by atoms with Crippen LogP contribution in [-0.4, -0.2) is 50.5 Å². The maximum Gasteiger partial charge on any atom is 0.328 e. The Hall–Kier alpha value is -3.61. The number of carbonyl (C=O) groups is 1. The highest BCUT2D eigenvalue weighted by Crippen LogP contribution is 2.27. The number of methoxy groups -OCH3 is 1. The number of aromatic nitrogens is 5. The molecule has 0 spiro atoms. The molecule has 132 valence electrons. The number of hydrogen-bond donors (Lipinski definition) is 2. The van der Waals surface area contributed by atoms with Gasteiger partial charge in [0.15, 0.2) is 11.6 Å². The Bertz CT molecular complexity index is 1000. The summed E-state index contributed by atoms with van der Waals surface area (Å²) in [5, 5.41) is 23.2. The molecule has 0 amide bonds. The van der Waals surface area contributed by atoms with Gasteiger partial charge in [0, 0.05) is 18.8 Å². The molecule has 3 aromatic rings. The van der Waals surface area contributed by atoms with Crippen LogP contribution in [0.25, 0.3) is 5.52 Å². The summed E-state index contributed by atoms with van der Waals surface area (Å²) in [6.07, 6.45) is 3.37. The molecule has 0 radical (unpaired) electrons. The van der Waals surface area contributed by atoms with E-state index in [1.807, 2.05) is 23.1 Å². The maximum atomic E-state index is 12.0. The largest absolute Gasteiger partial charge is 0.467 e. The van der Waals surface area contributed by atoms with Gasteiger partial charge in [-0.2, -0.15) is 15.3 Å². The third kappa shape index (κ3) is 2.69. The quantitative estimate of drug-likeness (QED) is 0.671. The number of anilines is 3. The SMILES string of the molecule is COC(=O)[C@@H]1CCCN1c1nc(Nc2cc(C#N)[nH]n2)c2cccn2n1. The van der Waals surface area contributed by atoms with Gasteiger partial charge in [-0.1, -0.05) is 0 Å². The topological polar surface area (TPSA) is 124 Å². The summed E-state index contributed by atoms with van der Waals surface area (Å²) in [6, 6.07) is 6.91. The summed E-state index contributed by atoms with van der Waals surface area (Å²) >= 11 is 0. The third-order valence-corrected chi connectivity index (χ3v) is 4.31. The summed E-state index contributed by atoms with van der Waals surface area (Å²) in [6.45, 7) is 0.674. The Kier molecular flexibility index (Phi) is 3.89. The van der Waals surface area contributed by atoms with Gasteiger partial charge in [-0.3, -0.25) is 5.10 Å².